The van der Waals surface area contributed by atoms with Gasteiger partial charge in [-0.25, -0.2) is 18.2 Å². The molecule has 12 heteroatoms. The van der Waals surface area contributed by atoms with Crippen LogP contribution in [0.2, 0.25) is 0 Å². The van der Waals surface area contributed by atoms with Gasteiger partial charge in [-0.05, 0) is 25.0 Å². The van der Waals surface area contributed by atoms with E-state index in [1.165, 1.54) is 14.1 Å². The lowest BCUT2D eigenvalue weighted by Crippen LogP contribution is -2.44. The van der Waals surface area contributed by atoms with Crippen LogP contribution in [0.4, 0.5) is 0 Å². The van der Waals surface area contributed by atoms with Gasteiger partial charge in [-0.2, -0.15) is 4.31 Å². The number of nitrogens with one attached hydrogen (secondary N) is 1. The van der Waals surface area contributed by atoms with E-state index in [0.29, 0.717) is 23.9 Å². The molecule has 1 fully saturated rings. The summed E-state index contributed by atoms with van der Waals surface area (Å²) in [5.41, 5.74) is -1.53. The van der Waals surface area contributed by atoms with E-state index in [-0.39, 0.29) is 25.0 Å². The minimum absolute atomic E-state index is 0.0230. The third-order valence-corrected chi connectivity index (χ3v) is 7.25. The van der Waals surface area contributed by atoms with Crippen molar-refractivity contribution in [1.29, 1.82) is 0 Å². The minimum atomic E-state index is -4.35. The van der Waals surface area contributed by atoms with Crippen LogP contribution in [-0.2, 0) is 35.4 Å². The second kappa shape index (κ2) is 8.45. The van der Waals surface area contributed by atoms with Crippen LogP contribution in [0, 0.1) is 0 Å². The number of aromatic amines is 1. The molecule has 0 aliphatic carbocycles. The van der Waals surface area contributed by atoms with E-state index in [1.54, 1.807) is 24.3 Å². The fourth-order valence-electron chi connectivity index (χ4n) is 3.73. The van der Waals surface area contributed by atoms with Crippen molar-refractivity contribution in [2.75, 3.05) is 13.2 Å². The molecule has 1 N–H and O–H groups in total. The van der Waals surface area contributed by atoms with E-state index in [0.717, 1.165) is 26.1 Å². The number of aryl methyl sites for hydroxylation is 1. The first kappa shape index (κ1) is 22.1. The van der Waals surface area contributed by atoms with E-state index in [9.17, 15) is 22.8 Å². The van der Waals surface area contributed by atoms with Crippen LogP contribution in [0.1, 0.15) is 18.7 Å². The largest absolute Gasteiger partial charge is 0.377 e. The van der Waals surface area contributed by atoms with Crippen molar-refractivity contribution in [3.8, 4) is 0 Å². The Balaban J connectivity index is 1.80. The van der Waals surface area contributed by atoms with Gasteiger partial charge in [-0.3, -0.25) is 14.2 Å². The number of rotatable bonds is 6. The summed E-state index contributed by atoms with van der Waals surface area (Å²) in [5.74, 6) is 0.136. The zero-order valence-corrected chi connectivity index (χ0v) is 18.5. The fourth-order valence-corrected chi connectivity index (χ4v) is 5.31. The molecule has 0 saturated carbocycles. The maximum absolute atomic E-state index is 13.5. The van der Waals surface area contributed by atoms with Crippen LogP contribution < -0.4 is 16.8 Å². The van der Waals surface area contributed by atoms with E-state index in [4.69, 9.17) is 4.74 Å². The Kier molecular flexibility index (Phi) is 5.84. The number of H-pyrrole nitrogens is 1. The molecule has 0 radical (unpaired) electrons. The van der Waals surface area contributed by atoms with Crippen molar-refractivity contribution >= 4 is 20.9 Å². The first-order chi connectivity index (χ1) is 15.2. The highest BCUT2D eigenvalue weighted by Gasteiger charge is 2.33. The zero-order valence-electron chi connectivity index (χ0n) is 17.6. The van der Waals surface area contributed by atoms with Gasteiger partial charge in [0, 0.05) is 33.4 Å². The van der Waals surface area contributed by atoms with Crippen LogP contribution in [0.15, 0.2) is 49.7 Å². The predicted molar refractivity (Wildman–Crippen MR) is 116 cm³/mol. The number of para-hydroxylation sites is 1. The lowest BCUT2D eigenvalue weighted by Gasteiger charge is -2.24. The molecule has 1 atom stereocenters. The third kappa shape index (κ3) is 4.04. The molecule has 4 rings (SSSR count). The van der Waals surface area contributed by atoms with Gasteiger partial charge in [0.2, 0.25) is 0 Å². The number of fused-ring (bicyclic) bond motifs is 1. The summed E-state index contributed by atoms with van der Waals surface area (Å²) in [6.45, 7) is 0.227. The van der Waals surface area contributed by atoms with Gasteiger partial charge in [-0.15, -0.1) is 0 Å². The smallest absolute Gasteiger partial charge is 0.330 e. The highest BCUT2D eigenvalue weighted by molar-refractivity contribution is 7.89. The molecule has 0 bridgehead atoms. The second-order valence-electron chi connectivity index (χ2n) is 7.71. The van der Waals surface area contributed by atoms with Gasteiger partial charge in [0.05, 0.1) is 23.6 Å². The van der Waals surface area contributed by atoms with Crippen molar-refractivity contribution in [2.24, 2.45) is 14.1 Å². The van der Waals surface area contributed by atoms with E-state index in [2.05, 4.69) is 9.97 Å². The van der Waals surface area contributed by atoms with E-state index >= 15 is 0 Å². The lowest BCUT2D eigenvalue weighted by molar-refractivity contribution is 0.0921. The standard InChI is InChI=1S/C20H23N5O6S/c1-23-11-16(19(27)24(2)20(23)28)32(29,30)25(10-13-6-5-9-31-13)12-17-21-15-8-4-3-7-14(15)18(26)22-17/h3-4,7-8,11,13H,5-6,9-10,12H2,1-2H3,(H,21,22,26)/t13-/m1/s1. The summed E-state index contributed by atoms with van der Waals surface area (Å²) in [4.78, 5) is 43.6. The maximum atomic E-state index is 13.5. The van der Waals surface area contributed by atoms with Crippen LogP contribution in [0.25, 0.3) is 10.9 Å². The van der Waals surface area contributed by atoms with Crippen molar-refractivity contribution in [2.45, 2.75) is 30.4 Å². The molecule has 1 aromatic carbocycles. The van der Waals surface area contributed by atoms with Crippen molar-refractivity contribution in [3.05, 3.63) is 67.5 Å². The Bertz CT molecular complexity index is 1450. The predicted octanol–water partition coefficient (Wildman–Crippen LogP) is -0.310. The molecule has 1 saturated heterocycles. The summed E-state index contributed by atoms with van der Waals surface area (Å²) in [6.07, 6.45) is 2.12. The lowest BCUT2D eigenvalue weighted by atomic mass is 10.2. The van der Waals surface area contributed by atoms with Crippen LogP contribution in [0.3, 0.4) is 0 Å². The summed E-state index contributed by atoms with van der Waals surface area (Å²) in [5, 5.41) is 0.386. The van der Waals surface area contributed by atoms with E-state index in [1.807, 2.05) is 0 Å². The molecule has 3 aromatic rings. The number of hydrogen-bond donors (Lipinski definition) is 1. The molecule has 0 spiro atoms. The molecule has 11 nitrogen and oxygen atoms in total. The maximum Gasteiger partial charge on any atom is 0.330 e. The summed E-state index contributed by atoms with van der Waals surface area (Å²) in [7, 11) is -1.76. The monoisotopic (exact) mass is 461 g/mol. The first-order valence-corrected chi connectivity index (χ1v) is 11.5. The zero-order chi connectivity index (χ0) is 23.0. The molecule has 1 aliphatic rings. The number of sulfonamides is 1. The van der Waals surface area contributed by atoms with Crippen LogP contribution in [0.5, 0.6) is 0 Å². The normalized spacial score (nSPS) is 16.8. The van der Waals surface area contributed by atoms with Crippen molar-refractivity contribution in [1.82, 2.24) is 23.4 Å². The number of hydrogen-bond acceptors (Lipinski definition) is 7. The Morgan fingerprint density at radius 1 is 1.22 bits per heavy atom. The van der Waals surface area contributed by atoms with Gasteiger partial charge >= 0.3 is 5.69 Å². The highest BCUT2D eigenvalue weighted by atomic mass is 32.2. The average molecular weight is 462 g/mol. The third-order valence-electron chi connectivity index (χ3n) is 5.45. The topological polar surface area (TPSA) is 136 Å². The first-order valence-electron chi connectivity index (χ1n) is 10.0. The SMILES string of the molecule is Cn1cc(S(=O)(=O)N(Cc2nc3ccccc3c(=O)[nH]2)C[C@H]2CCCO2)c(=O)n(C)c1=O. The molecular weight excluding hydrogens is 438 g/mol. The average Bonchev–Trinajstić information content (AvgIpc) is 3.27. The number of aromatic nitrogens is 4. The van der Waals surface area contributed by atoms with Gasteiger partial charge < -0.3 is 14.3 Å². The molecule has 1 aliphatic heterocycles. The van der Waals surface area contributed by atoms with E-state index < -0.39 is 31.7 Å². The number of benzene rings is 1. The summed E-state index contributed by atoms with van der Waals surface area (Å²) >= 11 is 0. The summed E-state index contributed by atoms with van der Waals surface area (Å²) in [6, 6.07) is 6.73. The van der Waals surface area contributed by atoms with Crippen molar-refractivity contribution < 1.29 is 13.2 Å². The molecule has 3 heterocycles. The Hall–Kier alpha value is -3.09. The summed E-state index contributed by atoms with van der Waals surface area (Å²) < 4.78 is 35.5. The highest BCUT2D eigenvalue weighted by Crippen LogP contribution is 2.20. The molecule has 32 heavy (non-hydrogen) atoms. The molecule has 2 aromatic heterocycles. The fraction of sp³-hybridized carbons (Fsp3) is 0.400. The quantitative estimate of drug-likeness (QED) is 0.532. The molecule has 0 unspecified atom stereocenters. The molecular formula is C20H23N5O6S. The van der Waals surface area contributed by atoms with Gasteiger partial charge in [0.15, 0.2) is 4.90 Å². The second-order valence-corrected chi connectivity index (χ2v) is 9.62. The Morgan fingerprint density at radius 3 is 2.69 bits per heavy atom. The minimum Gasteiger partial charge on any atom is -0.377 e. The van der Waals surface area contributed by atoms with Gasteiger partial charge in [0.25, 0.3) is 21.1 Å². The Morgan fingerprint density at radius 2 is 1.97 bits per heavy atom. The molecule has 170 valence electrons. The van der Waals surface area contributed by atoms with Crippen LogP contribution >= 0.6 is 0 Å². The van der Waals surface area contributed by atoms with Gasteiger partial charge in [0.1, 0.15) is 5.82 Å². The van der Waals surface area contributed by atoms with Gasteiger partial charge in [-0.1, -0.05) is 12.1 Å². The number of nitrogens with zero attached hydrogens (tertiary/aromatic N) is 4. The van der Waals surface area contributed by atoms with Crippen molar-refractivity contribution in [3.63, 3.8) is 0 Å². The van der Waals surface area contributed by atoms with Crippen LogP contribution in [-0.4, -0.2) is 51.1 Å². The molecule has 0 amide bonds. The number of ether oxygens (including phenoxy) is 1. The Labute approximate surface area is 183 Å².